The van der Waals surface area contributed by atoms with Crippen molar-refractivity contribution >= 4 is 17.4 Å². The largest absolute Gasteiger partial charge is 0.363 e. The Morgan fingerprint density at radius 2 is 2.13 bits per heavy atom. The van der Waals surface area contributed by atoms with Gasteiger partial charge in [-0.05, 0) is 42.3 Å². The molecule has 2 aromatic rings. The van der Waals surface area contributed by atoms with Crippen LogP contribution in [0.3, 0.4) is 0 Å². The fraction of sp³-hybridized carbons (Fsp3) is 0.294. The van der Waals surface area contributed by atoms with Crippen LogP contribution in [0.15, 0.2) is 30.5 Å². The number of aromatic nitrogens is 1. The number of fused-ring (bicyclic) bond motifs is 1. The van der Waals surface area contributed by atoms with Crippen molar-refractivity contribution in [2.45, 2.75) is 13.0 Å². The zero-order valence-electron chi connectivity index (χ0n) is 13.2. The van der Waals surface area contributed by atoms with Crippen molar-refractivity contribution in [3.05, 3.63) is 53.0 Å². The molecule has 1 aliphatic rings. The Morgan fingerprint density at radius 1 is 1.30 bits per heavy atom. The maximum Gasteiger partial charge on any atom is 0.257 e. The zero-order chi connectivity index (χ0) is 16.4. The highest BCUT2D eigenvalue weighted by Gasteiger charge is 2.18. The van der Waals surface area contributed by atoms with E-state index in [4.69, 9.17) is 0 Å². The molecule has 1 aliphatic heterocycles. The number of pyridine rings is 1. The highest BCUT2D eigenvalue weighted by Crippen LogP contribution is 2.25. The topological polar surface area (TPSA) is 57.3 Å². The normalized spacial score (nSPS) is 13.3. The average Bonchev–Trinajstić information content (AvgIpc) is 2.57. The van der Waals surface area contributed by atoms with Crippen LogP contribution in [0.25, 0.3) is 0 Å². The van der Waals surface area contributed by atoms with Gasteiger partial charge in [-0.1, -0.05) is 6.07 Å². The van der Waals surface area contributed by atoms with Crippen molar-refractivity contribution < 1.29 is 9.18 Å². The van der Waals surface area contributed by atoms with Crippen LogP contribution in [0.4, 0.5) is 15.9 Å². The van der Waals surface area contributed by atoms with E-state index in [1.165, 1.54) is 6.20 Å². The van der Waals surface area contributed by atoms with E-state index in [9.17, 15) is 9.18 Å². The van der Waals surface area contributed by atoms with Gasteiger partial charge in [-0.25, -0.2) is 9.37 Å². The van der Waals surface area contributed by atoms with Crippen LogP contribution in [0.1, 0.15) is 21.5 Å². The molecule has 0 atom stereocenters. The predicted octanol–water partition coefficient (Wildman–Crippen LogP) is 2.18. The van der Waals surface area contributed by atoms with Gasteiger partial charge in [0.2, 0.25) is 0 Å². The monoisotopic (exact) mass is 314 g/mol. The minimum Gasteiger partial charge on any atom is -0.363 e. The summed E-state index contributed by atoms with van der Waals surface area (Å²) in [6.45, 7) is 1.41. The van der Waals surface area contributed by atoms with Crippen molar-refractivity contribution in [2.24, 2.45) is 0 Å². The SMILES string of the molecule is CN(C)c1ccc(C(=O)Nc2ccc3c(c2F)CCNC3)cn1. The fourth-order valence-electron chi connectivity index (χ4n) is 2.61. The first-order chi connectivity index (χ1) is 11.1. The summed E-state index contributed by atoms with van der Waals surface area (Å²) in [7, 11) is 3.75. The molecule has 3 rings (SSSR count). The van der Waals surface area contributed by atoms with Crippen LogP contribution >= 0.6 is 0 Å². The van der Waals surface area contributed by atoms with Crippen molar-refractivity contribution in [3.8, 4) is 0 Å². The first-order valence-corrected chi connectivity index (χ1v) is 7.52. The number of nitrogens with one attached hydrogen (secondary N) is 2. The van der Waals surface area contributed by atoms with E-state index in [1.807, 2.05) is 25.1 Å². The molecule has 2 N–H and O–H groups in total. The van der Waals surface area contributed by atoms with Crippen molar-refractivity contribution in [2.75, 3.05) is 30.9 Å². The Labute approximate surface area is 134 Å². The second-order valence-electron chi connectivity index (χ2n) is 5.75. The Hall–Kier alpha value is -2.47. The fourth-order valence-corrected chi connectivity index (χ4v) is 2.61. The first kappa shape index (κ1) is 15.4. The van der Waals surface area contributed by atoms with E-state index in [0.717, 1.165) is 17.9 Å². The lowest BCUT2D eigenvalue weighted by Gasteiger charge is -2.19. The van der Waals surface area contributed by atoms with Crippen LogP contribution in [0, 0.1) is 5.82 Å². The van der Waals surface area contributed by atoms with Crippen molar-refractivity contribution in [1.29, 1.82) is 0 Å². The molecule has 2 heterocycles. The second kappa shape index (κ2) is 6.34. The minimum atomic E-state index is -0.365. The van der Waals surface area contributed by atoms with E-state index < -0.39 is 0 Å². The molecule has 0 saturated heterocycles. The van der Waals surface area contributed by atoms with Gasteiger partial charge >= 0.3 is 0 Å². The lowest BCUT2D eigenvalue weighted by molar-refractivity contribution is 0.102. The summed E-state index contributed by atoms with van der Waals surface area (Å²) >= 11 is 0. The average molecular weight is 314 g/mol. The third-order valence-electron chi connectivity index (χ3n) is 3.92. The summed E-state index contributed by atoms with van der Waals surface area (Å²) in [5, 5.41) is 5.84. The number of nitrogens with zero attached hydrogens (tertiary/aromatic N) is 2. The highest BCUT2D eigenvalue weighted by molar-refractivity contribution is 6.04. The van der Waals surface area contributed by atoms with Gasteiger partial charge in [0, 0.05) is 26.8 Å². The lowest BCUT2D eigenvalue weighted by Crippen LogP contribution is -2.25. The number of halogens is 1. The van der Waals surface area contributed by atoms with E-state index in [0.29, 0.717) is 24.1 Å². The van der Waals surface area contributed by atoms with Crippen LogP contribution in [0.2, 0.25) is 0 Å². The molecule has 0 bridgehead atoms. The molecular weight excluding hydrogens is 295 g/mol. The Kier molecular flexibility index (Phi) is 4.25. The van der Waals surface area contributed by atoms with Gasteiger partial charge in [-0.3, -0.25) is 4.79 Å². The molecule has 0 fully saturated rings. The predicted molar refractivity (Wildman–Crippen MR) is 88.3 cm³/mol. The molecule has 0 aliphatic carbocycles. The third-order valence-corrected chi connectivity index (χ3v) is 3.92. The molecule has 1 aromatic carbocycles. The summed E-state index contributed by atoms with van der Waals surface area (Å²) in [5.74, 6) is 0.0554. The van der Waals surface area contributed by atoms with E-state index in [2.05, 4.69) is 15.6 Å². The summed E-state index contributed by atoms with van der Waals surface area (Å²) in [4.78, 5) is 18.3. The summed E-state index contributed by atoms with van der Waals surface area (Å²) < 4.78 is 14.5. The molecule has 23 heavy (non-hydrogen) atoms. The maximum absolute atomic E-state index is 14.5. The molecule has 0 unspecified atom stereocenters. The van der Waals surface area contributed by atoms with Crippen LogP contribution in [-0.2, 0) is 13.0 Å². The summed E-state index contributed by atoms with van der Waals surface area (Å²) in [6.07, 6.45) is 2.12. The number of anilines is 2. The molecule has 0 spiro atoms. The molecule has 0 saturated carbocycles. The molecular formula is C17H19FN4O. The molecule has 0 radical (unpaired) electrons. The minimum absolute atomic E-state index is 0.215. The van der Waals surface area contributed by atoms with Crippen molar-refractivity contribution in [3.63, 3.8) is 0 Å². The van der Waals surface area contributed by atoms with E-state index in [1.54, 1.807) is 18.2 Å². The zero-order valence-corrected chi connectivity index (χ0v) is 13.2. The van der Waals surface area contributed by atoms with E-state index >= 15 is 0 Å². The van der Waals surface area contributed by atoms with Gasteiger partial charge in [0.1, 0.15) is 11.6 Å². The number of carbonyl (C=O) groups is 1. The van der Waals surface area contributed by atoms with Gasteiger partial charge in [0.25, 0.3) is 5.91 Å². The third kappa shape index (κ3) is 3.17. The Bertz CT molecular complexity index is 728. The number of hydrogen-bond acceptors (Lipinski definition) is 4. The summed E-state index contributed by atoms with van der Waals surface area (Å²) in [5.41, 5.74) is 2.24. The van der Waals surface area contributed by atoms with Gasteiger partial charge in [-0.15, -0.1) is 0 Å². The highest BCUT2D eigenvalue weighted by atomic mass is 19.1. The quantitative estimate of drug-likeness (QED) is 0.912. The van der Waals surface area contributed by atoms with Crippen molar-refractivity contribution in [1.82, 2.24) is 10.3 Å². The lowest BCUT2D eigenvalue weighted by atomic mass is 9.99. The summed E-state index contributed by atoms with van der Waals surface area (Å²) in [6, 6.07) is 6.90. The first-order valence-electron chi connectivity index (χ1n) is 7.52. The molecule has 1 amide bonds. The molecule has 6 heteroatoms. The number of carbonyl (C=O) groups excluding carboxylic acids is 1. The van der Waals surface area contributed by atoms with Gasteiger partial charge in [-0.2, -0.15) is 0 Å². The Morgan fingerprint density at radius 3 is 2.83 bits per heavy atom. The Balaban J connectivity index is 1.80. The van der Waals surface area contributed by atoms with Gasteiger partial charge in [0.15, 0.2) is 0 Å². The molecule has 1 aromatic heterocycles. The van der Waals surface area contributed by atoms with Gasteiger partial charge in [0.05, 0.1) is 11.3 Å². The number of amides is 1. The van der Waals surface area contributed by atoms with E-state index in [-0.39, 0.29) is 17.4 Å². The van der Waals surface area contributed by atoms with Crippen LogP contribution in [0.5, 0.6) is 0 Å². The number of hydrogen-bond donors (Lipinski definition) is 2. The molecule has 120 valence electrons. The number of rotatable bonds is 3. The second-order valence-corrected chi connectivity index (χ2v) is 5.75. The molecule has 5 nitrogen and oxygen atoms in total. The standard InChI is InChI=1S/C17H19FN4O/c1-22(2)15-6-4-12(10-20-15)17(23)21-14-5-3-11-9-19-8-7-13(11)16(14)18/h3-6,10,19H,7-9H2,1-2H3,(H,21,23). The van der Waals surface area contributed by atoms with Gasteiger partial charge < -0.3 is 15.5 Å². The number of benzene rings is 1. The van der Waals surface area contributed by atoms with Crippen LogP contribution in [-0.4, -0.2) is 31.5 Å². The smallest absolute Gasteiger partial charge is 0.257 e. The maximum atomic E-state index is 14.5. The van der Waals surface area contributed by atoms with Crippen LogP contribution < -0.4 is 15.5 Å².